The van der Waals surface area contributed by atoms with Gasteiger partial charge in [0.05, 0.1) is 12.3 Å². The second kappa shape index (κ2) is 3.54. The van der Waals surface area contributed by atoms with Crippen LogP contribution >= 0.6 is 0 Å². The van der Waals surface area contributed by atoms with Gasteiger partial charge in [-0.25, -0.2) is 13.1 Å². The molecule has 1 aliphatic rings. The van der Waals surface area contributed by atoms with Gasteiger partial charge in [-0.3, -0.25) is 5.10 Å². The van der Waals surface area contributed by atoms with Crippen LogP contribution in [-0.2, 0) is 10.0 Å². The highest BCUT2D eigenvalue weighted by atomic mass is 32.2. The molecule has 2 atom stereocenters. The number of aliphatic hydroxyl groups is 1. The van der Waals surface area contributed by atoms with Crippen molar-refractivity contribution in [1.29, 1.82) is 0 Å². The van der Waals surface area contributed by atoms with E-state index >= 15 is 0 Å². The number of nitrogens with one attached hydrogen (secondary N) is 2. The first kappa shape index (κ1) is 11.6. The molecule has 6 nitrogen and oxygen atoms in total. The fraction of sp³-hybridized carbons (Fsp3) is 0.667. The lowest BCUT2D eigenvalue weighted by atomic mass is 9.65. The molecule has 3 N–H and O–H groups in total. The second-order valence-electron chi connectivity index (χ2n) is 4.68. The van der Waals surface area contributed by atoms with Gasteiger partial charge >= 0.3 is 0 Å². The maximum atomic E-state index is 11.8. The molecule has 1 aliphatic carbocycles. The lowest BCUT2D eigenvalue weighted by molar-refractivity contribution is -0.0645. The van der Waals surface area contributed by atoms with Crippen LogP contribution < -0.4 is 4.72 Å². The number of nitrogens with zero attached hydrogens (tertiary/aromatic N) is 1. The van der Waals surface area contributed by atoms with Crippen molar-refractivity contribution in [3.63, 3.8) is 0 Å². The maximum Gasteiger partial charge on any atom is 0.243 e. The first-order valence-corrected chi connectivity index (χ1v) is 6.51. The lowest BCUT2D eigenvalue weighted by Crippen LogP contribution is -2.61. The molecule has 90 valence electrons. The van der Waals surface area contributed by atoms with E-state index in [1.54, 1.807) is 0 Å². The summed E-state index contributed by atoms with van der Waals surface area (Å²) in [6.45, 7) is 3.67. The van der Waals surface area contributed by atoms with Crippen LogP contribution in [0.15, 0.2) is 17.3 Å². The van der Waals surface area contributed by atoms with Gasteiger partial charge in [0.25, 0.3) is 0 Å². The van der Waals surface area contributed by atoms with E-state index in [9.17, 15) is 13.5 Å². The smallest absolute Gasteiger partial charge is 0.243 e. The van der Waals surface area contributed by atoms with Gasteiger partial charge in [0.2, 0.25) is 10.0 Å². The zero-order valence-corrected chi connectivity index (χ0v) is 9.95. The van der Waals surface area contributed by atoms with Crippen molar-refractivity contribution in [1.82, 2.24) is 14.9 Å². The van der Waals surface area contributed by atoms with Crippen LogP contribution in [0.4, 0.5) is 0 Å². The van der Waals surface area contributed by atoms with Crippen molar-refractivity contribution < 1.29 is 13.5 Å². The third kappa shape index (κ3) is 1.74. The van der Waals surface area contributed by atoms with Gasteiger partial charge in [-0.05, 0) is 6.42 Å². The fourth-order valence-electron chi connectivity index (χ4n) is 1.74. The molecule has 0 spiro atoms. The van der Waals surface area contributed by atoms with Gasteiger partial charge in [0.15, 0.2) is 0 Å². The summed E-state index contributed by atoms with van der Waals surface area (Å²) in [5, 5.41) is 15.6. The van der Waals surface area contributed by atoms with E-state index < -0.39 is 21.5 Å². The number of aromatic nitrogens is 2. The van der Waals surface area contributed by atoms with Crippen LogP contribution in [0.5, 0.6) is 0 Å². The minimum atomic E-state index is -3.53. The fourth-order valence-corrected chi connectivity index (χ4v) is 3.05. The topological polar surface area (TPSA) is 95.1 Å². The Labute approximate surface area is 94.1 Å². The summed E-state index contributed by atoms with van der Waals surface area (Å²) >= 11 is 0. The van der Waals surface area contributed by atoms with Gasteiger partial charge in [-0.15, -0.1) is 0 Å². The van der Waals surface area contributed by atoms with E-state index in [0.717, 1.165) is 0 Å². The van der Waals surface area contributed by atoms with E-state index in [1.165, 1.54) is 12.4 Å². The van der Waals surface area contributed by atoms with Gasteiger partial charge < -0.3 is 5.11 Å². The minimum absolute atomic E-state index is 0.115. The van der Waals surface area contributed by atoms with Crippen LogP contribution in [0.3, 0.4) is 0 Å². The monoisotopic (exact) mass is 245 g/mol. The Bertz CT molecular complexity index is 466. The first-order chi connectivity index (χ1) is 7.34. The second-order valence-corrected chi connectivity index (χ2v) is 6.39. The average molecular weight is 245 g/mol. The number of hydrogen-bond donors (Lipinski definition) is 3. The standard InChI is InChI=1S/C9H15N3O3S/c1-9(2)7(3-8(9)13)12-16(14,15)6-4-10-11-5-6/h4-5,7-8,12-13H,3H2,1-2H3,(H,10,11). The predicted molar refractivity (Wildman–Crippen MR) is 57.1 cm³/mol. The van der Waals surface area contributed by atoms with Crippen LogP contribution in [0.25, 0.3) is 0 Å². The van der Waals surface area contributed by atoms with Gasteiger partial charge in [0.1, 0.15) is 4.90 Å². The van der Waals surface area contributed by atoms with Gasteiger partial charge in [-0.1, -0.05) is 13.8 Å². The van der Waals surface area contributed by atoms with E-state index in [-0.39, 0.29) is 10.9 Å². The average Bonchev–Trinajstić information content (AvgIpc) is 2.70. The van der Waals surface area contributed by atoms with Crippen molar-refractivity contribution in [2.45, 2.75) is 37.3 Å². The summed E-state index contributed by atoms with van der Waals surface area (Å²) < 4.78 is 26.2. The molecule has 1 aromatic heterocycles. The van der Waals surface area contributed by atoms with Gasteiger partial charge in [-0.2, -0.15) is 5.10 Å². The Morgan fingerprint density at radius 2 is 2.31 bits per heavy atom. The Hall–Kier alpha value is -0.920. The number of H-pyrrole nitrogens is 1. The predicted octanol–water partition coefficient (Wildman–Crippen LogP) is -0.153. The maximum absolute atomic E-state index is 11.8. The molecule has 1 fully saturated rings. The molecule has 0 radical (unpaired) electrons. The molecule has 0 saturated heterocycles. The van der Waals surface area contributed by atoms with E-state index in [4.69, 9.17) is 0 Å². The molecule has 1 heterocycles. The number of hydrogen-bond acceptors (Lipinski definition) is 4. The molecule has 2 unspecified atom stereocenters. The van der Waals surface area contributed by atoms with Crippen molar-refractivity contribution in [3.05, 3.63) is 12.4 Å². The zero-order chi connectivity index (χ0) is 12.0. The SMILES string of the molecule is CC1(C)C(O)CC1NS(=O)(=O)c1cn[nH]c1. The first-order valence-electron chi connectivity index (χ1n) is 5.03. The van der Waals surface area contributed by atoms with Gasteiger partial charge in [0, 0.05) is 17.7 Å². The summed E-state index contributed by atoms with van der Waals surface area (Å²) in [6.07, 6.45) is 2.57. The molecule has 16 heavy (non-hydrogen) atoms. The Morgan fingerprint density at radius 3 is 2.75 bits per heavy atom. The summed E-state index contributed by atoms with van der Waals surface area (Å²) in [5.74, 6) is 0. The third-order valence-electron chi connectivity index (χ3n) is 3.30. The number of aliphatic hydroxyl groups excluding tert-OH is 1. The molecular formula is C9H15N3O3S. The quantitative estimate of drug-likeness (QED) is 0.690. The summed E-state index contributed by atoms with van der Waals surface area (Å²) in [5.41, 5.74) is -0.420. The van der Waals surface area contributed by atoms with Crippen LogP contribution in [0.2, 0.25) is 0 Å². The number of sulfonamides is 1. The minimum Gasteiger partial charge on any atom is -0.392 e. The summed E-state index contributed by atoms with van der Waals surface area (Å²) in [6, 6.07) is -0.234. The molecule has 0 bridgehead atoms. The highest BCUT2D eigenvalue weighted by Crippen LogP contribution is 2.41. The largest absolute Gasteiger partial charge is 0.392 e. The van der Waals surface area contributed by atoms with Crippen LogP contribution in [0, 0.1) is 5.41 Å². The Morgan fingerprint density at radius 1 is 1.62 bits per heavy atom. The molecule has 0 aromatic carbocycles. The van der Waals surface area contributed by atoms with Crippen molar-refractivity contribution in [2.24, 2.45) is 5.41 Å². The molecular weight excluding hydrogens is 230 g/mol. The van der Waals surface area contributed by atoms with E-state index in [1.807, 2.05) is 13.8 Å². The molecule has 2 rings (SSSR count). The molecule has 0 amide bonds. The van der Waals surface area contributed by atoms with Crippen molar-refractivity contribution >= 4 is 10.0 Å². The Kier molecular flexibility index (Phi) is 2.56. The summed E-state index contributed by atoms with van der Waals surface area (Å²) in [7, 11) is -3.53. The number of rotatable bonds is 3. The van der Waals surface area contributed by atoms with Crippen LogP contribution in [0.1, 0.15) is 20.3 Å². The highest BCUT2D eigenvalue weighted by molar-refractivity contribution is 7.89. The van der Waals surface area contributed by atoms with E-state index in [2.05, 4.69) is 14.9 Å². The third-order valence-corrected chi connectivity index (χ3v) is 4.74. The molecule has 7 heteroatoms. The molecule has 1 aromatic rings. The van der Waals surface area contributed by atoms with Crippen LogP contribution in [-0.4, -0.2) is 35.9 Å². The molecule has 1 saturated carbocycles. The van der Waals surface area contributed by atoms with E-state index in [0.29, 0.717) is 6.42 Å². The highest BCUT2D eigenvalue weighted by Gasteiger charge is 2.48. The normalized spacial score (nSPS) is 28.7. The Balaban J connectivity index is 2.12. The molecule has 0 aliphatic heterocycles. The number of aromatic amines is 1. The van der Waals surface area contributed by atoms with Crippen molar-refractivity contribution in [3.8, 4) is 0 Å². The summed E-state index contributed by atoms with van der Waals surface area (Å²) in [4.78, 5) is 0.115. The van der Waals surface area contributed by atoms with Crippen molar-refractivity contribution in [2.75, 3.05) is 0 Å². The lowest BCUT2D eigenvalue weighted by Gasteiger charge is -2.49. The zero-order valence-electron chi connectivity index (χ0n) is 9.14.